The number of primary amides is 1. The average Bonchev–Trinajstić information content (AvgIpc) is 2.51. The summed E-state index contributed by atoms with van der Waals surface area (Å²) >= 11 is 5.87. The monoisotopic (exact) mass is 318 g/mol. The van der Waals surface area contributed by atoms with E-state index in [0.29, 0.717) is 11.6 Å². The molecule has 114 valence electrons. The predicted molar refractivity (Wildman–Crippen MR) is 83.8 cm³/mol. The standard InChI is InChI=1S/C16H15ClN2O3/c17-12-5-3-4-11(8-12)9-19-15(20)10-22-14-7-2-1-6-13(14)16(18)21/h1-8H,9-10H2,(H2,18,21)(H,19,20). The molecule has 2 aromatic rings. The molecule has 0 heterocycles. The maximum Gasteiger partial charge on any atom is 0.258 e. The Morgan fingerprint density at radius 3 is 2.64 bits per heavy atom. The van der Waals surface area contributed by atoms with E-state index in [1.165, 1.54) is 0 Å². The average molecular weight is 319 g/mol. The minimum absolute atomic E-state index is 0.204. The molecule has 0 aliphatic heterocycles. The van der Waals surface area contributed by atoms with Crippen LogP contribution in [0.4, 0.5) is 0 Å². The number of benzene rings is 2. The number of carbonyl (C=O) groups is 2. The highest BCUT2D eigenvalue weighted by Crippen LogP contribution is 2.17. The molecule has 0 saturated carbocycles. The molecule has 6 heteroatoms. The Labute approximate surface area is 133 Å². The molecule has 0 aliphatic carbocycles. The van der Waals surface area contributed by atoms with Crippen LogP contribution in [0.5, 0.6) is 5.75 Å². The van der Waals surface area contributed by atoms with Crippen LogP contribution in [-0.4, -0.2) is 18.4 Å². The number of carbonyl (C=O) groups excluding carboxylic acids is 2. The predicted octanol–water partition coefficient (Wildman–Crippen LogP) is 2.13. The molecule has 0 aromatic heterocycles. The Morgan fingerprint density at radius 1 is 1.14 bits per heavy atom. The Morgan fingerprint density at radius 2 is 1.91 bits per heavy atom. The molecule has 2 aromatic carbocycles. The van der Waals surface area contributed by atoms with Gasteiger partial charge < -0.3 is 15.8 Å². The topological polar surface area (TPSA) is 81.4 Å². The van der Waals surface area contributed by atoms with E-state index in [1.54, 1.807) is 36.4 Å². The summed E-state index contributed by atoms with van der Waals surface area (Å²) in [4.78, 5) is 23.0. The van der Waals surface area contributed by atoms with Crippen molar-refractivity contribution in [3.63, 3.8) is 0 Å². The molecule has 3 N–H and O–H groups in total. The number of para-hydroxylation sites is 1. The number of halogens is 1. The lowest BCUT2D eigenvalue weighted by Gasteiger charge is -2.10. The van der Waals surface area contributed by atoms with Crippen molar-refractivity contribution in [2.45, 2.75) is 6.54 Å². The zero-order chi connectivity index (χ0) is 15.9. The number of amides is 2. The van der Waals surface area contributed by atoms with Gasteiger partial charge in [0.05, 0.1) is 5.56 Å². The number of hydrogen-bond donors (Lipinski definition) is 2. The minimum Gasteiger partial charge on any atom is -0.483 e. The van der Waals surface area contributed by atoms with Gasteiger partial charge in [0.2, 0.25) is 0 Å². The molecular formula is C16H15ClN2O3. The number of ether oxygens (including phenoxy) is 1. The smallest absolute Gasteiger partial charge is 0.258 e. The van der Waals surface area contributed by atoms with Crippen molar-refractivity contribution in [1.29, 1.82) is 0 Å². The molecule has 0 aliphatic rings. The van der Waals surface area contributed by atoms with Crippen LogP contribution in [0, 0.1) is 0 Å². The molecule has 2 rings (SSSR count). The second kappa shape index (κ2) is 7.47. The second-order valence-corrected chi connectivity index (χ2v) is 4.99. The zero-order valence-electron chi connectivity index (χ0n) is 11.7. The third-order valence-electron chi connectivity index (χ3n) is 2.89. The van der Waals surface area contributed by atoms with E-state index in [9.17, 15) is 9.59 Å². The highest BCUT2D eigenvalue weighted by molar-refractivity contribution is 6.30. The molecule has 0 bridgehead atoms. The normalized spacial score (nSPS) is 10.0. The van der Waals surface area contributed by atoms with Gasteiger partial charge in [0, 0.05) is 11.6 Å². The summed E-state index contributed by atoms with van der Waals surface area (Å²) < 4.78 is 5.33. The quantitative estimate of drug-likeness (QED) is 0.856. The lowest BCUT2D eigenvalue weighted by Crippen LogP contribution is -2.28. The number of nitrogens with one attached hydrogen (secondary N) is 1. The molecule has 0 atom stereocenters. The van der Waals surface area contributed by atoms with E-state index in [0.717, 1.165) is 5.56 Å². The number of nitrogens with two attached hydrogens (primary N) is 1. The van der Waals surface area contributed by atoms with Crippen LogP contribution in [0.3, 0.4) is 0 Å². The van der Waals surface area contributed by atoms with Crippen LogP contribution in [0.2, 0.25) is 5.02 Å². The first kappa shape index (κ1) is 15.9. The first-order valence-electron chi connectivity index (χ1n) is 6.59. The minimum atomic E-state index is -0.602. The van der Waals surface area contributed by atoms with Gasteiger partial charge in [0.15, 0.2) is 6.61 Å². The van der Waals surface area contributed by atoms with Crippen LogP contribution in [0.15, 0.2) is 48.5 Å². The van der Waals surface area contributed by atoms with Crippen molar-refractivity contribution in [3.05, 3.63) is 64.7 Å². The molecule has 22 heavy (non-hydrogen) atoms. The Hall–Kier alpha value is -2.53. The van der Waals surface area contributed by atoms with Gasteiger partial charge in [-0.3, -0.25) is 9.59 Å². The maximum atomic E-state index is 11.8. The van der Waals surface area contributed by atoms with E-state index < -0.39 is 5.91 Å². The third kappa shape index (κ3) is 4.49. The van der Waals surface area contributed by atoms with Crippen molar-refractivity contribution < 1.29 is 14.3 Å². The summed E-state index contributed by atoms with van der Waals surface area (Å²) in [5, 5.41) is 3.32. The van der Waals surface area contributed by atoms with Crippen LogP contribution in [0.1, 0.15) is 15.9 Å². The van der Waals surface area contributed by atoms with Crippen LogP contribution in [-0.2, 0) is 11.3 Å². The Bertz CT molecular complexity index is 689. The zero-order valence-corrected chi connectivity index (χ0v) is 12.5. The van der Waals surface area contributed by atoms with Gasteiger partial charge in [-0.25, -0.2) is 0 Å². The fourth-order valence-corrected chi connectivity index (χ4v) is 2.05. The molecule has 0 fully saturated rings. The van der Waals surface area contributed by atoms with Gasteiger partial charge >= 0.3 is 0 Å². The largest absolute Gasteiger partial charge is 0.483 e. The van der Waals surface area contributed by atoms with Crippen molar-refractivity contribution in [2.75, 3.05) is 6.61 Å². The first-order valence-corrected chi connectivity index (χ1v) is 6.97. The summed E-state index contributed by atoms with van der Waals surface area (Å²) in [5.74, 6) is -0.623. The van der Waals surface area contributed by atoms with E-state index >= 15 is 0 Å². The fraction of sp³-hybridized carbons (Fsp3) is 0.125. The Balaban J connectivity index is 1.87. The Kier molecular flexibility index (Phi) is 5.38. The number of hydrogen-bond acceptors (Lipinski definition) is 3. The molecule has 2 amide bonds. The van der Waals surface area contributed by atoms with Crippen molar-refractivity contribution in [3.8, 4) is 5.75 Å². The summed E-state index contributed by atoms with van der Waals surface area (Å²) in [6.45, 7) is 0.144. The van der Waals surface area contributed by atoms with Crippen molar-refractivity contribution >= 4 is 23.4 Å². The maximum absolute atomic E-state index is 11.8. The van der Waals surface area contributed by atoms with E-state index in [-0.39, 0.29) is 23.8 Å². The molecule has 0 saturated heterocycles. The fourth-order valence-electron chi connectivity index (χ4n) is 1.84. The molecule has 0 radical (unpaired) electrons. The highest BCUT2D eigenvalue weighted by Gasteiger charge is 2.10. The summed E-state index contributed by atoms with van der Waals surface area (Å²) in [5.41, 5.74) is 6.37. The number of rotatable bonds is 6. The first-order chi connectivity index (χ1) is 10.6. The molecule has 5 nitrogen and oxygen atoms in total. The summed E-state index contributed by atoms with van der Waals surface area (Å²) in [7, 11) is 0. The lowest BCUT2D eigenvalue weighted by atomic mass is 10.2. The lowest BCUT2D eigenvalue weighted by molar-refractivity contribution is -0.123. The molecular weight excluding hydrogens is 304 g/mol. The van der Waals surface area contributed by atoms with Gasteiger partial charge in [-0.1, -0.05) is 35.9 Å². The van der Waals surface area contributed by atoms with E-state index in [1.807, 2.05) is 12.1 Å². The summed E-state index contributed by atoms with van der Waals surface area (Å²) in [6.07, 6.45) is 0. The van der Waals surface area contributed by atoms with Gasteiger partial charge in [-0.15, -0.1) is 0 Å². The van der Waals surface area contributed by atoms with Crippen molar-refractivity contribution in [2.24, 2.45) is 5.73 Å². The molecule has 0 spiro atoms. The highest BCUT2D eigenvalue weighted by atomic mass is 35.5. The molecule has 0 unspecified atom stereocenters. The van der Waals surface area contributed by atoms with Gasteiger partial charge in [0.1, 0.15) is 5.75 Å². The van der Waals surface area contributed by atoms with Crippen LogP contribution in [0.25, 0.3) is 0 Å². The van der Waals surface area contributed by atoms with E-state index in [2.05, 4.69) is 5.32 Å². The van der Waals surface area contributed by atoms with Gasteiger partial charge in [0.25, 0.3) is 11.8 Å². The van der Waals surface area contributed by atoms with Crippen LogP contribution < -0.4 is 15.8 Å². The third-order valence-corrected chi connectivity index (χ3v) is 3.13. The second-order valence-electron chi connectivity index (χ2n) is 4.56. The van der Waals surface area contributed by atoms with Crippen LogP contribution >= 0.6 is 11.6 Å². The summed E-state index contributed by atoms with van der Waals surface area (Å²) in [6, 6.07) is 13.7. The van der Waals surface area contributed by atoms with Crippen molar-refractivity contribution in [1.82, 2.24) is 5.32 Å². The van der Waals surface area contributed by atoms with Gasteiger partial charge in [-0.05, 0) is 29.8 Å². The van der Waals surface area contributed by atoms with E-state index in [4.69, 9.17) is 22.1 Å². The van der Waals surface area contributed by atoms with Gasteiger partial charge in [-0.2, -0.15) is 0 Å². The SMILES string of the molecule is NC(=O)c1ccccc1OCC(=O)NCc1cccc(Cl)c1.